The molecule has 19 heavy (non-hydrogen) atoms. The number of nitrogens with one attached hydrogen (secondary N) is 1. The number of benzene rings is 1. The molecule has 0 aliphatic heterocycles. The molecule has 1 aromatic rings. The van der Waals surface area contributed by atoms with Crippen molar-refractivity contribution >= 4 is 11.8 Å². The highest BCUT2D eigenvalue weighted by atomic mass is 32.2. The molecule has 1 atom stereocenters. The van der Waals surface area contributed by atoms with Gasteiger partial charge in [-0.15, -0.1) is 11.8 Å². The van der Waals surface area contributed by atoms with E-state index in [1.165, 1.54) is 37.8 Å². The summed E-state index contributed by atoms with van der Waals surface area (Å²) in [6, 6.07) is 7.24. The third kappa shape index (κ3) is 4.66. The fourth-order valence-electron chi connectivity index (χ4n) is 2.43. The van der Waals surface area contributed by atoms with Crippen molar-refractivity contribution in [2.45, 2.75) is 43.5 Å². The zero-order valence-corrected chi connectivity index (χ0v) is 12.3. The van der Waals surface area contributed by atoms with Crippen molar-refractivity contribution < 1.29 is 4.39 Å². The molecule has 0 fully saturated rings. The van der Waals surface area contributed by atoms with Gasteiger partial charge >= 0.3 is 0 Å². The molecule has 104 valence electrons. The lowest BCUT2D eigenvalue weighted by Crippen LogP contribution is -2.33. The van der Waals surface area contributed by atoms with E-state index < -0.39 is 0 Å². The SMILES string of the molecule is CCNC(CSc1ccc(F)cc1)C1=CCCCC1. The molecule has 2 rings (SSSR count). The van der Waals surface area contributed by atoms with Crippen molar-refractivity contribution in [1.29, 1.82) is 0 Å². The van der Waals surface area contributed by atoms with Crippen molar-refractivity contribution in [1.82, 2.24) is 5.32 Å². The molecule has 0 heterocycles. The average molecular weight is 279 g/mol. The molecule has 1 N–H and O–H groups in total. The smallest absolute Gasteiger partial charge is 0.123 e. The fourth-order valence-corrected chi connectivity index (χ4v) is 3.45. The lowest BCUT2D eigenvalue weighted by Gasteiger charge is -2.23. The summed E-state index contributed by atoms with van der Waals surface area (Å²) in [5.74, 6) is 0.855. The lowest BCUT2D eigenvalue weighted by atomic mass is 9.95. The van der Waals surface area contributed by atoms with Crippen molar-refractivity contribution in [2.75, 3.05) is 12.3 Å². The van der Waals surface area contributed by atoms with E-state index in [2.05, 4.69) is 18.3 Å². The van der Waals surface area contributed by atoms with E-state index in [9.17, 15) is 4.39 Å². The maximum absolute atomic E-state index is 12.9. The number of likely N-dealkylation sites (N-methyl/N-ethyl adjacent to an activating group) is 1. The first-order chi connectivity index (χ1) is 9.29. The Morgan fingerprint density at radius 1 is 1.26 bits per heavy atom. The van der Waals surface area contributed by atoms with Gasteiger partial charge in [0.2, 0.25) is 0 Å². The Morgan fingerprint density at radius 2 is 2.05 bits per heavy atom. The van der Waals surface area contributed by atoms with Gasteiger partial charge in [0.05, 0.1) is 0 Å². The second-order valence-electron chi connectivity index (χ2n) is 4.90. The minimum absolute atomic E-state index is 0.164. The van der Waals surface area contributed by atoms with Gasteiger partial charge in [-0.2, -0.15) is 0 Å². The predicted molar refractivity (Wildman–Crippen MR) is 81.1 cm³/mol. The molecule has 0 radical (unpaired) electrons. The van der Waals surface area contributed by atoms with E-state index in [0.717, 1.165) is 17.2 Å². The zero-order valence-electron chi connectivity index (χ0n) is 11.5. The molecule has 0 amide bonds. The summed E-state index contributed by atoms with van der Waals surface area (Å²) in [7, 11) is 0. The Hall–Kier alpha value is -0.800. The van der Waals surface area contributed by atoms with E-state index in [0.29, 0.717) is 6.04 Å². The third-order valence-corrected chi connectivity index (χ3v) is 4.56. The van der Waals surface area contributed by atoms with Crippen LogP contribution in [0.2, 0.25) is 0 Å². The third-order valence-electron chi connectivity index (χ3n) is 3.45. The standard InChI is InChI=1S/C16H22FNS/c1-2-18-16(13-6-4-3-5-7-13)12-19-15-10-8-14(17)9-11-15/h6,8-11,16,18H,2-5,7,12H2,1H3. The summed E-state index contributed by atoms with van der Waals surface area (Å²) >= 11 is 1.80. The monoisotopic (exact) mass is 279 g/mol. The summed E-state index contributed by atoms with van der Waals surface area (Å²) in [5, 5.41) is 3.57. The van der Waals surface area contributed by atoms with Gasteiger partial charge in [-0.25, -0.2) is 4.39 Å². The number of allylic oxidation sites excluding steroid dienone is 1. The Morgan fingerprint density at radius 3 is 2.68 bits per heavy atom. The van der Waals surface area contributed by atoms with Crippen LogP contribution in [0.15, 0.2) is 40.8 Å². The topological polar surface area (TPSA) is 12.0 Å². The van der Waals surface area contributed by atoms with Gasteiger partial charge in [0.1, 0.15) is 5.82 Å². The van der Waals surface area contributed by atoms with Crippen LogP contribution < -0.4 is 5.32 Å². The molecule has 1 aromatic carbocycles. The van der Waals surface area contributed by atoms with Gasteiger partial charge < -0.3 is 5.32 Å². The minimum atomic E-state index is -0.164. The van der Waals surface area contributed by atoms with E-state index >= 15 is 0 Å². The van der Waals surface area contributed by atoms with Crippen LogP contribution >= 0.6 is 11.8 Å². The fraction of sp³-hybridized carbons (Fsp3) is 0.500. The molecule has 0 bridgehead atoms. The molecule has 0 saturated carbocycles. The van der Waals surface area contributed by atoms with Crippen LogP contribution in [0.5, 0.6) is 0 Å². The van der Waals surface area contributed by atoms with Crippen molar-refractivity contribution in [3.05, 3.63) is 41.7 Å². The van der Waals surface area contributed by atoms with E-state index in [4.69, 9.17) is 0 Å². The molecule has 0 aromatic heterocycles. The van der Waals surface area contributed by atoms with Crippen LogP contribution in [0.4, 0.5) is 4.39 Å². The highest BCUT2D eigenvalue weighted by Crippen LogP contribution is 2.25. The Bertz CT molecular complexity index is 413. The highest BCUT2D eigenvalue weighted by molar-refractivity contribution is 7.99. The van der Waals surface area contributed by atoms with Crippen LogP contribution in [0.3, 0.4) is 0 Å². The highest BCUT2D eigenvalue weighted by Gasteiger charge is 2.15. The number of hydrogen-bond acceptors (Lipinski definition) is 2. The summed E-state index contributed by atoms with van der Waals surface area (Å²) in [5.41, 5.74) is 1.56. The molecule has 1 aliphatic carbocycles. The molecule has 1 unspecified atom stereocenters. The first kappa shape index (κ1) is 14.6. The van der Waals surface area contributed by atoms with Gasteiger partial charge in [0.25, 0.3) is 0 Å². The van der Waals surface area contributed by atoms with Gasteiger partial charge in [-0.05, 0) is 56.5 Å². The normalized spacial score (nSPS) is 17.1. The molecule has 0 saturated heterocycles. The molecular weight excluding hydrogens is 257 g/mol. The Kier molecular flexibility index (Phi) is 5.93. The van der Waals surface area contributed by atoms with Crippen molar-refractivity contribution in [3.63, 3.8) is 0 Å². The van der Waals surface area contributed by atoms with Gasteiger partial charge in [0, 0.05) is 16.7 Å². The first-order valence-corrected chi connectivity index (χ1v) is 8.09. The largest absolute Gasteiger partial charge is 0.310 e. The Labute approximate surface area is 119 Å². The van der Waals surface area contributed by atoms with E-state index in [-0.39, 0.29) is 5.82 Å². The van der Waals surface area contributed by atoms with Crippen LogP contribution in [-0.4, -0.2) is 18.3 Å². The molecule has 3 heteroatoms. The average Bonchev–Trinajstić information content (AvgIpc) is 2.46. The quantitative estimate of drug-likeness (QED) is 0.612. The maximum atomic E-state index is 12.9. The molecule has 0 spiro atoms. The molecule has 1 aliphatic rings. The number of rotatable bonds is 6. The second kappa shape index (κ2) is 7.71. The predicted octanol–water partition coefficient (Wildman–Crippen LogP) is 4.40. The lowest BCUT2D eigenvalue weighted by molar-refractivity contribution is 0.580. The zero-order chi connectivity index (χ0) is 13.5. The van der Waals surface area contributed by atoms with Gasteiger partial charge in [0.15, 0.2) is 0 Å². The number of halogens is 1. The molecule has 1 nitrogen and oxygen atoms in total. The minimum Gasteiger partial charge on any atom is -0.310 e. The van der Waals surface area contributed by atoms with Gasteiger partial charge in [-0.3, -0.25) is 0 Å². The Balaban J connectivity index is 1.92. The summed E-state index contributed by atoms with van der Waals surface area (Å²) < 4.78 is 12.9. The second-order valence-corrected chi connectivity index (χ2v) is 5.99. The number of hydrogen-bond donors (Lipinski definition) is 1. The van der Waals surface area contributed by atoms with Crippen molar-refractivity contribution in [2.24, 2.45) is 0 Å². The summed E-state index contributed by atoms with van der Waals surface area (Å²) in [6.45, 7) is 3.14. The summed E-state index contributed by atoms with van der Waals surface area (Å²) in [4.78, 5) is 1.14. The van der Waals surface area contributed by atoms with Gasteiger partial charge in [-0.1, -0.05) is 18.6 Å². The van der Waals surface area contributed by atoms with Crippen molar-refractivity contribution in [3.8, 4) is 0 Å². The van der Waals surface area contributed by atoms with E-state index in [1.807, 2.05) is 12.1 Å². The molecular formula is C16H22FNS. The number of thioether (sulfide) groups is 1. The summed E-state index contributed by atoms with van der Waals surface area (Å²) in [6.07, 6.45) is 7.49. The van der Waals surface area contributed by atoms with Crippen LogP contribution in [-0.2, 0) is 0 Å². The first-order valence-electron chi connectivity index (χ1n) is 7.10. The van der Waals surface area contributed by atoms with E-state index in [1.54, 1.807) is 17.3 Å². The van der Waals surface area contributed by atoms with Crippen LogP contribution in [0.25, 0.3) is 0 Å². The maximum Gasteiger partial charge on any atom is 0.123 e. The van der Waals surface area contributed by atoms with Crippen LogP contribution in [0, 0.1) is 5.82 Å². The van der Waals surface area contributed by atoms with Crippen LogP contribution in [0.1, 0.15) is 32.6 Å².